The maximum absolute atomic E-state index is 4.85. The fraction of sp³-hybridized carbons (Fsp3) is 0.522. The highest BCUT2D eigenvalue weighted by atomic mass is 15.2. The van der Waals surface area contributed by atoms with Crippen molar-refractivity contribution in [2.75, 3.05) is 0 Å². The van der Waals surface area contributed by atoms with Crippen molar-refractivity contribution < 1.29 is 0 Å². The molecule has 0 bridgehead atoms. The van der Waals surface area contributed by atoms with Crippen molar-refractivity contribution in [1.29, 1.82) is 0 Å². The van der Waals surface area contributed by atoms with E-state index in [1.165, 1.54) is 0 Å². The topological polar surface area (TPSA) is 90.2 Å². The zero-order valence-corrected chi connectivity index (χ0v) is 18.0. The highest BCUT2D eigenvalue weighted by molar-refractivity contribution is 5.57. The van der Waals surface area contributed by atoms with Crippen LogP contribution in [0.1, 0.15) is 99.8 Å². The molecule has 2 aliphatic rings. The van der Waals surface area contributed by atoms with E-state index in [4.69, 9.17) is 15.0 Å². The number of pyridine rings is 1. The van der Waals surface area contributed by atoms with Crippen LogP contribution in [0, 0.1) is 0 Å². The van der Waals surface area contributed by atoms with Gasteiger partial charge in [0, 0.05) is 23.7 Å². The van der Waals surface area contributed by atoms with Crippen molar-refractivity contribution >= 4 is 0 Å². The molecular weight excluding hydrogens is 374 g/mol. The van der Waals surface area contributed by atoms with Gasteiger partial charge in [-0.2, -0.15) is 10.2 Å². The van der Waals surface area contributed by atoms with Crippen molar-refractivity contribution in [2.24, 2.45) is 0 Å². The van der Waals surface area contributed by atoms with Gasteiger partial charge in [-0.25, -0.2) is 15.0 Å². The lowest BCUT2D eigenvalue weighted by molar-refractivity contribution is 0.493. The fourth-order valence-corrected chi connectivity index (χ4v) is 4.57. The van der Waals surface area contributed by atoms with Crippen LogP contribution in [0.4, 0.5) is 0 Å². The summed E-state index contributed by atoms with van der Waals surface area (Å²) in [5.74, 6) is 2.72. The first-order chi connectivity index (χ1) is 14.5. The van der Waals surface area contributed by atoms with Crippen molar-refractivity contribution in [1.82, 2.24) is 35.3 Å². The van der Waals surface area contributed by atoms with Crippen LogP contribution >= 0.6 is 0 Å². The molecule has 0 saturated heterocycles. The van der Waals surface area contributed by atoms with Gasteiger partial charge in [0.05, 0.1) is 22.8 Å². The van der Waals surface area contributed by atoms with Gasteiger partial charge in [-0.3, -0.25) is 0 Å². The normalized spacial score (nSPS) is 25.5. The Hall–Kier alpha value is -2.83. The van der Waals surface area contributed by atoms with Crippen molar-refractivity contribution in [3.8, 4) is 23.0 Å². The summed E-state index contributed by atoms with van der Waals surface area (Å²) >= 11 is 0. The third-order valence-electron chi connectivity index (χ3n) is 6.62. The number of hydrogen-bond acceptors (Lipinski definition) is 7. The fourth-order valence-electron chi connectivity index (χ4n) is 4.57. The summed E-state index contributed by atoms with van der Waals surface area (Å²) in [6.45, 7) is 8.81. The number of fused-ring (bicyclic) bond motifs is 2. The van der Waals surface area contributed by atoms with E-state index >= 15 is 0 Å². The molecule has 0 aliphatic heterocycles. The predicted octanol–water partition coefficient (Wildman–Crippen LogP) is 4.79. The van der Waals surface area contributed by atoms with Gasteiger partial charge in [-0.15, -0.1) is 10.2 Å². The van der Waals surface area contributed by atoms with E-state index in [1.807, 2.05) is 18.2 Å². The highest BCUT2D eigenvalue weighted by Crippen LogP contribution is 2.37. The third-order valence-corrected chi connectivity index (χ3v) is 6.62. The molecule has 0 radical (unpaired) electrons. The standard InChI is InChI=1S/C23H27N7/c1-12-8-10-14(3)20-18(12)25-22(29-27-20)16-6-5-7-17(24-16)23-26-19-13(2)9-11-15(4)21(19)28-30-23/h5-7,12-15H,8-11H2,1-4H3. The van der Waals surface area contributed by atoms with Crippen molar-refractivity contribution in [3.63, 3.8) is 0 Å². The van der Waals surface area contributed by atoms with Gasteiger partial charge in [-0.05, 0) is 37.8 Å². The second-order valence-electron chi connectivity index (χ2n) is 8.98. The van der Waals surface area contributed by atoms with Gasteiger partial charge in [-0.1, -0.05) is 33.8 Å². The molecule has 4 unspecified atom stereocenters. The number of hydrogen-bond donors (Lipinski definition) is 0. The van der Waals surface area contributed by atoms with Crippen LogP contribution in [-0.4, -0.2) is 35.3 Å². The average Bonchev–Trinajstić information content (AvgIpc) is 2.78. The summed E-state index contributed by atoms with van der Waals surface area (Å²) < 4.78 is 0. The predicted molar refractivity (Wildman–Crippen MR) is 114 cm³/mol. The van der Waals surface area contributed by atoms with Crippen LogP contribution in [0.15, 0.2) is 18.2 Å². The Bertz CT molecular complexity index is 1010. The largest absolute Gasteiger partial charge is 0.241 e. The summed E-state index contributed by atoms with van der Waals surface area (Å²) in [6.07, 6.45) is 4.53. The van der Waals surface area contributed by atoms with Crippen LogP contribution in [-0.2, 0) is 0 Å². The number of rotatable bonds is 2. The molecule has 3 aromatic heterocycles. The lowest BCUT2D eigenvalue weighted by atomic mass is 9.84. The van der Waals surface area contributed by atoms with Crippen LogP contribution in [0.25, 0.3) is 23.0 Å². The molecule has 0 N–H and O–H groups in total. The van der Waals surface area contributed by atoms with E-state index in [2.05, 4.69) is 48.1 Å². The van der Waals surface area contributed by atoms with Crippen LogP contribution in [0.5, 0.6) is 0 Å². The van der Waals surface area contributed by atoms with Crippen LogP contribution < -0.4 is 0 Å². The summed E-state index contributed by atoms with van der Waals surface area (Å²) in [4.78, 5) is 14.5. The molecule has 5 rings (SSSR count). The second-order valence-corrected chi connectivity index (χ2v) is 8.98. The maximum atomic E-state index is 4.85. The van der Waals surface area contributed by atoms with E-state index in [1.54, 1.807) is 0 Å². The molecule has 30 heavy (non-hydrogen) atoms. The highest BCUT2D eigenvalue weighted by Gasteiger charge is 2.27. The minimum atomic E-state index is 0.394. The monoisotopic (exact) mass is 401 g/mol. The van der Waals surface area contributed by atoms with Gasteiger partial charge < -0.3 is 0 Å². The minimum absolute atomic E-state index is 0.394. The molecule has 0 spiro atoms. The molecule has 3 heterocycles. The van der Waals surface area contributed by atoms with E-state index in [0.29, 0.717) is 46.7 Å². The van der Waals surface area contributed by atoms with Gasteiger partial charge in [0.1, 0.15) is 11.4 Å². The molecule has 4 atom stereocenters. The lowest BCUT2D eigenvalue weighted by Crippen LogP contribution is -2.17. The molecule has 0 aromatic carbocycles. The average molecular weight is 402 g/mol. The van der Waals surface area contributed by atoms with E-state index < -0.39 is 0 Å². The molecule has 7 heteroatoms. The zero-order chi connectivity index (χ0) is 20.8. The maximum Gasteiger partial charge on any atom is 0.200 e. The molecule has 2 aliphatic carbocycles. The molecule has 7 nitrogen and oxygen atoms in total. The second kappa shape index (κ2) is 7.45. The third kappa shape index (κ3) is 3.26. The first-order valence-corrected chi connectivity index (χ1v) is 11.0. The van der Waals surface area contributed by atoms with Crippen molar-refractivity contribution in [3.05, 3.63) is 41.0 Å². The van der Waals surface area contributed by atoms with E-state index in [9.17, 15) is 0 Å². The Morgan fingerprint density at radius 2 is 0.933 bits per heavy atom. The smallest absolute Gasteiger partial charge is 0.200 e. The minimum Gasteiger partial charge on any atom is -0.241 e. The Kier molecular flexibility index (Phi) is 4.76. The molecule has 0 fully saturated rings. The number of aromatic nitrogens is 7. The van der Waals surface area contributed by atoms with Crippen LogP contribution in [0.3, 0.4) is 0 Å². The SMILES string of the molecule is CC1CCC(C)c2nc(-c3cccc(-c4nnc5c(n4)C(C)CCC5C)n3)nnc21. The summed E-state index contributed by atoms with van der Waals surface area (Å²) in [7, 11) is 0. The van der Waals surface area contributed by atoms with Gasteiger partial charge in [0.25, 0.3) is 0 Å². The Morgan fingerprint density at radius 1 is 0.533 bits per heavy atom. The molecule has 0 amide bonds. The summed E-state index contributed by atoms with van der Waals surface area (Å²) in [6, 6.07) is 5.78. The van der Waals surface area contributed by atoms with E-state index in [-0.39, 0.29) is 0 Å². The van der Waals surface area contributed by atoms with Crippen molar-refractivity contribution in [2.45, 2.75) is 77.0 Å². The van der Waals surface area contributed by atoms with Gasteiger partial charge in [0.15, 0.2) is 0 Å². The molecule has 0 saturated carbocycles. The summed E-state index contributed by atoms with van der Waals surface area (Å²) in [5.41, 5.74) is 5.55. The number of nitrogens with zero attached hydrogens (tertiary/aromatic N) is 7. The quantitative estimate of drug-likeness (QED) is 0.610. The summed E-state index contributed by atoms with van der Waals surface area (Å²) in [5, 5.41) is 17.8. The Labute approximate surface area is 176 Å². The van der Waals surface area contributed by atoms with Gasteiger partial charge in [0.2, 0.25) is 11.6 Å². The van der Waals surface area contributed by atoms with Gasteiger partial charge >= 0.3 is 0 Å². The first-order valence-electron chi connectivity index (χ1n) is 11.0. The van der Waals surface area contributed by atoms with E-state index in [0.717, 1.165) is 48.5 Å². The molecule has 3 aromatic rings. The first kappa shape index (κ1) is 19.2. The Morgan fingerprint density at radius 3 is 1.37 bits per heavy atom. The molecule has 154 valence electrons. The van der Waals surface area contributed by atoms with Crippen LogP contribution in [0.2, 0.25) is 0 Å². The zero-order valence-electron chi connectivity index (χ0n) is 18.0. The molecular formula is C23H27N7. The Balaban J connectivity index is 1.53. The lowest BCUT2D eigenvalue weighted by Gasteiger charge is -2.25.